The smallest absolute Gasteiger partial charge is 0.241 e. The zero-order valence-electron chi connectivity index (χ0n) is 13.2. The van der Waals surface area contributed by atoms with Crippen molar-refractivity contribution < 1.29 is 4.79 Å². The van der Waals surface area contributed by atoms with E-state index in [9.17, 15) is 4.79 Å². The third-order valence-electron chi connectivity index (χ3n) is 4.27. The highest BCUT2D eigenvalue weighted by molar-refractivity contribution is 6.27. The van der Waals surface area contributed by atoms with Gasteiger partial charge in [-0.2, -0.15) is 0 Å². The molecule has 0 atom stereocenters. The monoisotopic (exact) mass is 305 g/mol. The van der Waals surface area contributed by atoms with Crippen LogP contribution in [0.5, 0.6) is 0 Å². The Balaban J connectivity index is 2.38. The number of carbonyl (C=O) groups is 1. The molecule has 114 valence electrons. The molecule has 0 N–H and O–H groups in total. The highest BCUT2D eigenvalue weighted by Gasteiger charge is 2.34. The van der Waals surface area contributed by atoms with Crippen LogP contribution in [0, 0.1) is 5.41 Å². The quantitative estimate of drug-likeness (QED) is 0.736. The Kier molecular flexibility index (Phi) is 5.10. The topological polar surface area (TPSA) is 20.3 Å². The van der Waals surface area contributed by atoms with Gasteiger partial charge >= 0.3 is 0 Å². The Bertz CT molecular complexity index is 533. The SMILES string of the molecule is CC1=C(N(Cc2ccccc2)C(=O)CCl)C(C)(C)CCC1. The number of allylic oxidation sites excluding steroid dienone is 2. The number of halogens is 1. The van der Waals surface area contributed by atoms with Crippen LogP contribution in [0.4, 0.5) is 0 Å². The van der Waals surface area contributed by atoms with Gasteiger partial charge in [0.2, 0.25) is 5.91 Å². The number of hydrogen-bond acceptors (Lipinski definition) is 1. The number of benzene rings is 1. The molecule has 0 saturated carbocycles. The number of alkyl halides is 1. The molecule has 0 unspecified atom stereocenters. The van der Waals surface area contributed by atoms with Crippen molar-refractivity contribution in [1.29, 1.82) is 0 Å². The summed E-state index contributed by atoms with van der Waals surface area (Å²) < 4.78 is 0. The maximum atomic E-state index is 12.4. The predicted molar refractivity (Wildman–Crippen MR) is 88.0 cm³/mol. The Morgan fingerprint density at radius 1 is 1.29 bits per heavy atom. The van der Waals surface area contributed by atoms with Crippen molar-refractivity contribution in [2.45, 2.75) is 46.6 Å². The van der Waals surface area contributed by atoms with Gasteiger partial charge in [-0.15, -0.1) is 11.6 Å². The first-order chi connectivity index (χ1) is 9.95. The molecule has 0 fully saturated rings. The first-order valence-electron chi connectivity index (χ1n) is 7.56. The van der Waals surface area contributed by atoms with E-state index in [4.69, 9.17) is 11.6 Å². The fourth-order valence-electron chi connectivity index (χ4n) is 3.34. The summed E-state index contributed by atoms with van der Waals surface area (Å²) in [4.78, 5) is 14.3. The summed E-state index contributed by atoms with van der Waals surface area (Å²) in [5.41, 5.74) is 3.65. The molecule has 21 heavy (non-hydrogen) atoms. The Hall–Kier alpha value is -1.28. The molecule has 2 rings (SSSR count). The lowest BCUT2D eigenvalue weighted by molar-refractivity contribution is -0.128. The van der Waals surface area contributed by atoms with Gasteiger partial charge in [-0.1, -0.05) is 49.8 Å². The van der Waals surface area contributed by atoms with E-state index in [1.807, 2.05) is 23.1 Å². The average molecular weight is 306 g/mol. The van der Waals surface area contributed by atoms with Crippen LogP contribution in [0.25, 0.3) is 0 Å². The summed E-state index contributed by atoms with van der Waals surface area (Å²) in [6, 6.07) is 10.1. The molecule has 0 aromatic heterocycles. The average Bonchev–Trinajstić information content (AvgIpc) is 2.45. The highest BCUT2D eigenvalue weighted by Crippen LogP contribution is 2.42. The molecule has 0 heterocycles. The molecule has 0 bridgehead atoms. The lowest BCUT2D eigenvalue weighted by Crippen LogP contribution is -2.39. The zero-order chi connectivity index (χ0) is 15.5. The molecule has 0 saturated heterocycles. The van der Waals surface area contributed by atoms with Crippen LogP contribution < -0.4 is 0 Å². The molecular weight excluding hydrogens is 282 g/mol. The number of hydrogen-bond donors (Lipinski definition) is 0. The van der Waals surface area contributed by atoms with Crippen molar-refractivity contribution in [2.75, 3.05) is 5.88 Å². The minimum Gasteiger partial charge on any atom is -0.310 e. The number of nitrogens with zero attached hydrogens (tertiary/aromatic N) is 1. The van der Waals surface area contributed by atoms with Gasteiger partial charge in [0, 0.05) is 11.1 Å². The van der Waals surface area contributed by atoms with Crippen molar-refractivity contribution in [3.63, 3.8) is 0 Å². The van der Waals surface area contributed by atoms with E-state index in [1.165, 1.54) is 17.7 Å². The maximum Gasteiger partial charge on any atom is 0.241 e. The second-order valence-corrected chi connectivity index (χ2v) is 6.73. The van der Waals surface area contributed by atoms with Crippen LogP contribution in [0.3, 0.4) is 0 Å². The maximum absolute atomic E-state index is 12.4. The molecule has 1 aromatic rings. The van der Waals surface area contributed by atoms with Gasteiger partial charge in [-0.3, -0.25) is 4.79 Å². The Morgan fingerprint density at radius 2 is 1.95 bits per heavy atom. The molecule has 0 spiro atoms. The Labute approximate surface area is 132 Å². The molecule has 0 radical (unpaired) electrons. The fourth-order valence-corrected chi connectivity index (χ4v) is 3.48. The number of rotatable bonds is 4. The van der Waals surface area contributed by atoms with Crippen LogP contribution in [0.2, 0.25) is 0 Å². The standard InChI is InChI=1S/C18H24ClNO/c1-14-8-7-11-18(2,3)17(14)20(16(21)12-19)13-15-9-5-4-6-10-15/h4-6,9-10H,7-8,11-13H2,1-3H3. The van der Waals surface area contributed by atoms with Crippen molar-refractivity contribution >= 4 is 17.5 Å². The summed E-state index contributed by atoms with van der Waals surface area (Å²) in [6.07, 6.45) is 3.37. The molecular formula is C18H24ClNO. The van der Waals surface area contributed by atoms with Gasteiger partial charge in [-0.05, 0) is 31.7 Å². The third-order valence-corrected chi connectivity index (χ3v) is 4.50. The van der Waals surface area contributed by atoms with E-state index in [-0.39, 0.29) is 17.2 Å². The van der Waals surface area contributed by atoms with E-state index in [2.05, 4.69) is 32.9 Å². The van der Waals surface area contributed by atoms with Gasteiger partial charge in [0.15, 0.2) is 0 Å². The van der Waals surface area contributed by atoms with Gasteiger partial charge < -0.3 is 4.90 Å². The zero-order valence-corrected chi connectivity index (χ0v) is 13.9. The van der Waals surface area contributed by atoms with Crippen LogP contribution >= 0.6 is 11.6 Å². The van der Waals surface area contributed by atoms with Crippen molar-refractivity contribution in [1.82, 2.24) is 4.90 Å². The molecule has 2 nitrogen and oxygen atoms in total. The second kappa shape index (κ2) is 6.65. The summed E-state index contributed by atoms with van der Waals surface area (Å²) in [5, 5.41) is 0. The first-order valence-corrected chi connectivity index (χ1v) is 8.09. The Morgan fingerprint density at radius 3 is 2.52 bits per heavy atom. The summed E-state index contributed by atoms with van der Waals surface area (Å²) in [5.74, 6) is 0.0181. The third kappa shape index (κ3) is 3.68. The normalized spacial score (nSPS) is 17.7. The predicted octanol–water partition coefficient (Wildman–Crippen LogP) is 4.74. The van der Waals surface area contributed by atoms with E-state index >= 15 is 0 Å². The van der Waals surface area contributed by atoms with E-state index in [1.54, 1.807) is 0 Å². The summed E-state index contributed by atoms with van der Waals surface area (Å²) in [7, 11) is 0. The van der Waals surface area contributed by atoms with Crippen molar-refractivity contribution in [3.05, 3.63) is 47.2 Å². The molecule has 1 aliphatic carbocycles. The second-order valence-electron chi connectivity index (χ2n) is 6.47. The molecule has 1 aromatic carbocycles. The first kappa shape index (κ1) is 16.1. The minimum atomic E-state index is -0.00940. The van der Waals surface area contributed by atoms with E-state index < -0.39 is 0 Å². The highest BCUT2D eigenvalue weighted by atomic mass is 35.5. The van der Waals surface area contributed by atoms with Crippen LogP contribution in [0.15, 0.2) is 41.6 Å². The molecule has 1 amide bonds. The van der Waals surface area contributed by atoms with Crippen LogP contribution in [-0.4, -0.2) is 16.7 Å². The van der Waals surface area contributed by atoms with Crippen LogP contribution in [-0.2, 0) is 11.3 Å². The molecule has 0 aliphatic heterocycles. The molecule has 3 heteroatoms. The lowest BCUT2D eigenvalue weighted by Gasteiger charge is -2.40. The number of carbonyl (C=O) groups excluding carboxylic acids is 1. The van der Waals surface area contributed by atoms with E-state index in [0.717, 1.165) is 18.4 Å². The summed E-state index contributed by atoms with van der Waals surface area (Å²) in [6.45, 7) is 7.20. The lowest BCUT2D eigenvalue weighted by atomic mass is 9.75. The largest absolute Gasteiger partial charge is 0.310 e. The van der Waals surface area contributed by atoms with Crippen LogP contribution in [0.1, 0.15) is 45.6 Å². The molecule has 1 aliphatic rings. The van der Waals surface area contributed by atoms with Gasteiger partial charge in [0.25, 0.3) is 0 Å². The van der Waals surface area contributed by atoms with Crippen molar-refractivity contribution in [2.24, 2.45) is 5.41 Å². The number of amides is 1. The fraction of sp³-hybridized carbons (Fsp3) is 0.500. The van der Waals surface area contributed by atoms with E-state index in [0.29, 0.717) is 6.54 Å². The van der Waals surface area contributed by atoms with Gasteiger partial charge in [0.1, 0.15) is 5.88 Å². The van der Waals surface area contributed by atoms with Gasteiger partial charge in [-0.25, -0.2) is 0 Å². The summed E-state index contributed by atoms with van der Waals surface area (Å²) >= 11 is 5.86. The van der Waals surface area contributed by atoms with Crippen molar-refractivity contribution in [3.8, 4) is 0 Å². The van der Waals surface area contributed by atoms with Gasteiger partial charge in [0.05, 0.1) is 6.54 Å². The minimum absolute atomic E-state index is 0.00940.